The van der Waals surface area contributed by atoms with Gasteiger partial charge in [-0.15, -0.1) is 0 Å². The first-order valence-electron chi connectivity index (χ1n) is 14.6. The Bertz CT molecular complexity index is 1120. The number of methoxy groups -OCH3 is 1. The highest BCUT2D eigenvalue weighted by Crippen LogP contribution is 2.75. The second kappa shape index (κ2) is 8.62. The van der Waals surface area contributed by atoms with Crippen LogP contribution in [0.4, 0.5) is 0 Å². The van der Waals surface area contributed by atoms with E-state index >= 15 is 0 Å². The van der Waals surface area contributed by atoms with Crippen LogP contribution in [0.25, 0.3) is 0 Å². The number of carboxylic acid groups (broad SMARTS) is 1. The smallest absolute Gasteiger partial charge is 0.311 e. The zero-order valence-corrected chi connectivity index (χ0v) is 24.2. The molecular formula is C31H46O8. The normalized spacial score (nSPS) is 54.6. The summed E-state index contributed by atoms with van der Waals surface area (Å²) in [6.45, 7) is 10.0. The van der Waals surface area contributed by atoms with Gasteiger partial charge < -0.3 is 30.0 Å². The number of allylic oxidation sites excluding steroid dienone is 1. The van der Waals surface area contributed by atoms with E-state index in [0.29, 0.717) is 44.9 Å². The van der Waals surface area contributed by atoms with E-state index in [4.69, 9.17) is 4.74 Å². The van der Waals surface area contributed by atoms with E-state index in [9.17, 15) is 34.8 Å². The minimum Gasteiger partial charge on any atom is -0.481 e. The maximum absolute atomic E-state index is 12.9. The second-order valence-corrected chi connectivity index (χ2v) is 14.9. The largest absolute Gasteiger partial charge is 0.481 e. The molecule has 5 aliphatic carbocycles. The molecule has 0 amide bonds. The van der Waals surface area contributed by atoms with Crippen LogP contribution in [0, 0.1) is 50.2 Å². The molecule has 0 aromatic carbocycles. The Labute approximate surface area is 231 Å². The number of carbonyl (C=O) groups excluding carboxylic acids is 2. The maximum atomic E-state index is 12.9. The molecule has 0 aliphatic heterocycles. The van der Waals surface area contributed by atoms with Gasteiger partial charge >= 0.3 is 11.9 Å². The molecule has 12 atom stereocenters. The third kappa shape index (κ3) is 3.37. The Balaban J connectivity index is 1.66. The summed E-state index contributed by atoms with van der Waals surface area (Å²) in [4.78, 5) is 38.2. The van der Waals surface area contributed by atoms with Crippen LogP contribution in [0.1, 0.15) is 86.0 Å². The van der Waals surface area contributed by atoms with Gasteiger partial charge in [-0.25, -0.2) is 0 Å². The van der Waals surface area contributed by atoms with Crippen LogP contribution in [-0.4, -0.2) is 64.1 Å². The van der Waals surface area contributed by atoms with E-state index in [1.165, 1.54) is 7.11 Å². The third-order valence-electron chi connectivity index (χ3n) is 13.4. The van der Waals surface area contributed by atoms with Gasteiger partial charge in [-0.05, 0) is 86.4 Å². The first-order chi connectivity index (χ1) is 18.0. The molecule has 39 heavy (non-hydrogen) atoms. The summed E-state index contributed by atoms with van der Waals surface area (Å²) in [5.74, 6) is -2.10. The van der Waals surface area contributed by atoms with E-state index in [-0.39, 0.29) is 24.2 Å². The highest BCUT2D eigenvalue weighted by atomic mass is 16.5. The summed E-state index contributed by atoms with van der Waals surface area (Å²) in [6, 6.07) is 0. The number of ether oxygens (including phenoxy) is 1. The molecule has 0 aromatic rings. The molecule has 4 fully saturated rings. The minimum atomic E-state index is -1.16. The van der Waals surface area contributed by atoms with Crippen LogP contribution in [0.3, 0.4) is 0 Å². The van der Waals surface area contributed by atoms with Gasteiger partial charge in [-0.1, -0.05) is 39.3 Å². The first kappa shape index (κ1) is 28.7. The number of aliphatic hydroxyl groups is 3. The molecule has 0 bridgehead atoms. The predicted molar refractivity (Wildman–Crippen MR) is 142 cm³/mol. The molecule has 5 rings (SSSR count). The molecule has 218 valence electrons. The summed E-state index contributed by atoms with van der Waals surface area (Å²) in [7, 11) is 1.37. The van der Waals surface area contributed by atoms with Crippen molar-refractivity contribution in [2.75, 3.05) is 7.11 Å². The Morgan fingerprint density at radius 3 is 2.21 bits per heavy atom. The molecule has 0 saturated heterocycles. The van der Waals surface area contributed by atoms with Crippen molar-refractivity contribution in [3.05, 3.63) is 11.6 Å². The Morgan fingerprint density at radius 2 is 1.62 bits per heavy atom. The monoisotopic (exact) mass is 546 g/mol. The highest BCUT2D eigenvalue weighted by Gasteiger charge is 2.72. The van der Waals surface area contributed by atoms with Crippen LogP contribution in [0.5, 0.6) is 0 Å². The van der Waals surface area contributed by atoms with Gasteiger partial charge in [-0.3, -0.25) is 9.59 Å². The molecule has 0 heterocycles. The van der Waals surface area contributed by atoms with Crippen molar-refractivity contribution in [3.8, 4) is 0 Å². The third-order valence-corrected chi connectivity index (χ3v) is 13.4. The number of hydrogen-bond donors (Lipinski definition) is 4. The molecule has 0 aromatic heterocycles. The molecule has 0 radical (unpaired) electrons. The summed E-state index contributed by atoms with van der Waals surface area (Å²) < 4.78 is 5.15. The molecule has 8 nitrogen and oxygen atoms in total. The number of fused-ring (bicyclic) bond motifs is 7. The van der Waals surface area contributed by atoms with Gasteiger partial charge in [0.15, 0.2) is 0 Å². The molecule has 5 aliphatic rings. The van der Waals surface area contributed by atoms with Crippen LogP contribution < -0.4 is 0 Å². The van der Waals surface area contributed by atoms with Gasteiger partial charge in [-0.2, -0.15) is 0 Å². The SMILES string of the molecule is COC(=O)C1(C)CCC2(C(=O)O)CCC3(C)C(=CC(O)C4C5(C)CC(O)C(O)C(C)(C=O)C5CCC43C)C2C1. The lowest BCUT2D eigenvalue weighted by molar-refractivity contribution is -0.244. The average Bonchev–Trinajstić information content (AvgIpc) is 2.87. The summed E-state index contributed by atoms with van der Waals surface area (Å²) in [5, 5.41) is 44.4. The van der Waals surface area contributed by atoms with Gasteiger partial charge in [0.2, 0.25) is 0 Å². The van der Waals surface area contributed by atoms with Crippen molar-refractivity contribution in [2.24, 2.45) is 50.2 Å². The number of hydrogen-bond acceptors (Lipinski definition) is 7. The fourth-order valence-corrected chi connectivity index (χ4v) is 11.0. The molecule has 4 saturated carbocycles. The number of aliphatic hydroxyl groups excluding tert-OH is 3. The van der Waals surface area contributed by atoms with Crippen molar-refractivity contribution in [2.45, 2.75) is 104 Å². The van der Waals surface area contributed by atoms with E-state index in [2.05, 4.69) is 20.8 Å². The number of rotatable bonds is 3. The minimum absolute atomic E-state index is 0.217. The van der Waals surface area contributed by atoms with Gasteiger partial charge in [0, 0.05) is 5.92 Å². The average molecular weight is 547 g/mol. The fraction of sp³-hybridized carbons (Fsp3) is 0.839. The summed E-state index contributed by atoms with van der Waals surface area (Å²) in [5.41, 5.74) is -3.51. The number of carboxylic acids is 1. The Kier molecular flexibility index (Phi) is 6.35. The van der Waals surface area contributed by atoms with Crippen molar-refractivity contribution in [1.82, 2.24) is 0 Å². The van der Waals surface area contributed by atoms with Crippen LogP contribution in [0.15, 0.2) is 11.6 Å². The van der Waals surface area contributed by atoms with Crippen molar-refractivity contribution < 1.29 is 39.5 Å². The standard InChI is InChI=1S/C31H46O8/c1-26(25(38)39-6)9-11-31(24(36)37)12-10-29(4)17(18(31)14-26)13-19(33)22-27(2)15-20(34)23(35)28(3,16-32)21(27)7-8-30(22,29)5/h13,16,18-23,33-35H,7-12,14-15H2,1-6H3,(H,36,37). The zero-order chi connectivity index (χ0) is 29.0. The molecule has 4 N–H and O–H groups in total. The topological polar surface area (TPSA) is 141 Å². The van der Waals surface area contributed by atoms with Crippen molar-refractivity contribution in [3.63, 3.8) is 0 Å². The predicted octanol–water partition coefficient (Wildman–Crippen LogP) is 3.51. The van der Waals surface area contributed by atoms with E-state index in [0.717, 1.165) is 11.9 Å². The number of carbonyl (C=O) groups is 3. The Morgan fingerprint density at radius 1 is 0.974 bits per heavy atom. The lowest BCUT2D eigenvalue weighted by atomic mass is 9.33. The van der Waals surface area contributed by atoms with Crippen LogP contribution in [0.2, 0.25) is 0 Å². The van der Waals surface area contributed by atoms with Gasteiger partial charge in [0.1, 0.15) is 6.29 Å². The quantitative estimate of drug-likeness (QED) is 0.239. The van der Waals surface area contributed by atoms with E-state index < -0.39 is 62.7 Å². The first-order valence-corrected chi connectivity index (χ1v) is 14.6. The van der Waals surface area contributed by atoms with Crippen LogP contribution >= 0.6 is 0 Å². The lowest BCUT2D eigenvalue weighted by Crippen LogP contribution is -2.70. The highest BCUT2D eigenvalue weighted by molar-refractivity contribution is 5.80. The lowest BCUT2D eigenvalue weighted by Gasteiger charge is -2.71. The summed E-state index contributed by atoms with van der Waals surface area (Å²) >= 11 is 0. The van der Waals surface area contributed by atoms with E-state index in [1.54, 1.807) is 6.92 Å². The van der Waals surface area contributed by atoms with Crippen LogP contribution in [-0.2, 0) is 19.1 Å². The van der Waals surface area contributed by atoms with Crippen molar-refractivity contribution >= 4 is 18.2 Å². The molecule has 0 spiro atoms. The number of esters is 1. The maximum Gasteiger partial charge on any atom is 0.311 e. The molecule has 8 heteroatoms. The summed E-state index contributed by atoms with van der Waals surface area (Å²) in [6.07, 6.45) is 3.46. The fourth-order valence-electron chi connectivity index (χ4n) is 11.0. The Hall–Kier alpha value is -1.77. The van der Waals surface area contributed by atoms with Gasteiger partial charge in [0.25, 0.3) is 0 Å². The van der Waals surface area contributed by atoms with Crippen molar-refractivity contribution in [1.29, 1.82) is 0 Å². The zero-order valence-electron chi connectivity index (χ0n) is 24.2. The molecular weight excluding hydrogens is 500 g/mol. The second-order valence-electron chi connectivity index (χ2n) is 14.9. The molecule has 12 unspecified atom stereocenters. The van der Waals surface area contributed by atoms with Gasteiger partial charge in [0.05, 0.1) is 41.7 Å². The number of aliphatic carboxylic acids is 1. The van der Waals surface area contributed by atoms with E-state index in [1.807, 2.05) is 13.0 Å². The number of aldehydes is 1.